The summed E-state index contributed by atoms with van der Waals surface area (Å²) in [6.45, 7) is 1.76. The average Bonchev–Trinajstić information content (AvgIpc) is 2.87. The first-order valence-electron chi connectivity index (χ1n) is 12.4. The maximum absolute atomic E-state index is 14.8. The van der Waals surface area contributed by atoms with Gasteiger partial charge in [-0.1, -0.05) is 29.8 Å². The first-order chi connectivity index (χ1) is 19.2. The molecule has 12 heteroatoms. The Morgan fingerprint density at radius 3 is 1.95 bits per heavy atom. The summed E-state index contributed by atoms with van der Waals surface area (Å²) in [5.41, 5.74) is -1.16. The summed E-state index contributed by atoms with van der Waals surface area (Å²) in [6, 6.07) is 8.87. The molecular weight excluding hydrogens is 567 g/mol. The minimum Gasteiger partial charge on any atom is -0.456 e. The van der Waals surface area contributed by atoms with E-state index in [1.54, 1.807) is 6.92 Å². The number of aryl methyl sites for hydroxylation is 1. The molecule has 41 heavy (non-hydrogen) atoms. The highest BCUT2D eigenvalue weighted by atomic mass is 19.3. The highest BCUT2D eigenvalue weighted by Gasteiger charge is 2.42. The summed E-state index contributed by atoms with van der Waals surface area (Å²) in [5, 5.41) is 0. The van der Waals surface area contributed by atoms with Crippen LogP contribution in [0.5, 0.6) is 11.5 Å². The molecule has 4 rings (SSSR count). The normalized spacial score (nSPS) is 17.7. The summed E-state index contributed by atoms with van der Waals surface area (Å²) in [4.78, 5) is 0. The van der Waals surface area contributed by atoms with E-state index in [4.69, 9.17) is 4.74 Å². The fourth-order valence-corrected chi connectivity index (χ4v) is 4.59. The number of benzene rings is 3. The summed E-state index contributed by atoms with van der Waals surface area (Å²) >= 11 is 0. The fourth-order valence-electron chi connectivity index (χ4n) is 4.59. The van der Waals surface area contributed by atoms with Gasteiger partial charge in [0, 0.05) is 6.07 Å². The summed E-state index contributed by atoms with van der Waals surface area (Å²) in [7, 11) is 0. The van der Waals surface area contributed by atoms with Gasteiger partial charge in [-0.3, -0.25) is 0 Å². The van der Waals surface area contributed by atoms with Crippen LogP contribution in [0.15, 0.2) is 66.9 Å². The van der Waals surface area contributed by atoms with E-state index in [2.05, 4.69) is 9.47 Å². The van der Waals surface area contributed by atoms with E-state index in [-0.39, 0.29) is 43.1 Å². The molecule has 0 saturated heterocycles. The van der Waals surface area contributed by atoms with Crippen molar-refractivity contribution in [3.8, 4) is 11.5 Å². The molecule has 0 radical (unpaired) electrons. The standard InChI is InChI=1S/C29H23F9O3/c1-16-2-6-19(7-3-16)28(35,36)40-20-8-4-17(5-9-20)18-12-23(31)27(24(32)13-18)29(37,38)41-21-10-11-25(22(30)14-21)39-15-26(33)34/h2-3,6-7,10-15,17,20H,4-5,8-9H2,1H3. The lowest BCUT2D eigenvalue weighted by Crippen LogP contribution is -2.29. The third kappa shape index (κ3) is 7.35. The van der Waals surface area contributed by atoms with Gasteiger partial charge in [0.05, 0.1) is 11.7 Å². The first kappa shape index (κ1) is 30.3. The largest absolute Gasteiger partial charge is 0.456 e. The molecule has 1 aliphatic rings. The number of rotatable bonds is 9. The molecular formula is C29H23F9O3. The Balaban J connectivity index is 1.42. The second-order valence-corrected chi connectivity index (χ2v) is 9.57. The Hall–Kier alpha value is -3.67. The Bertz CT molecular complexity index is 1370. The number of hydrogen-bond acceptors (Lipinski definition) is 3. The number of hydrogen-bond donors (Lipinski definition) is 0. The highest BCUT2D eigenvalue weighted by molar-refractivity contribution is 5.36. The zero-order chi connectivity index (χ0) is 29.9. The van der Waals surface area contributed by atoms with Crippen LogP contribution in [0.4, 0.5) is 39.5 Å². The van der Waals surface area contributed by atoms with Crippen molar-refractivity contribution in [1.82, 2.24) is 0 Å². The first-order valence-corrected chi connectivity index (χ1v) is 12.4. The summed E-state index contributed by atoms with van der Waals surface area (Å²) < 4.78 is 140. The van der Waals surface area contributed by atoms with Crippen molar-refractivity contribution in [2.45, 2.75) is 56.8 Å². The van der Waals surface area contributed by atoms with Gasteiger partial charge in [-0.25, -0.2) is 13.2 Å². The van der Waals surface area contributed by atoms with Gasteiger partial charge in [0.25, 0.3) is 0 Å². The molecule has 220 valence electrons. The third-order valence-corrected chi connectivity index (χ3v) is 6.63. The minimum absolute atomic E-state index is 0.0593. The average molecular weight is 590 g/mol. The van der Waals surface area contributed by atoms with E-state index in [1.807, 2.05) is 0 Å². The molecule has 0 unspecified atom stereocenters. The molecule has 0 atom stereocenters. The van der Waals surface area contributed by atoms with Gasteiger partial charge in [-0.05, 0) is 68.4 Å². The Labute approximate surface area is 229 Å². The molecule has 1 fully saturated rings. The predicted molar refractivity (Wildman–Crippen MR) is 129 cm³/mol. The second kappa shape index (κ2) is 12.1. The summed E-state index contributed by atoms with van der Waals surface area (Å²) in [6.07, 6.45) is -10.5. The van der Waals surface area contributed by atoms with Crippen LogP contribution in [-0.4, -0.2) is 6.10 Å². The number of halogens is 9. The van der Waals surface area contributed by atoms with Crippen molar-refractivity contribution in [3.63, 3.8) is 0 Å². The Morgan fingerprint density at radius 2 is 1.39 bits per heavy atom. The monoisotopic (exact) mass is 590 g/mol. The molecule has 3 aromatic carbocycles. The van der Waals surface area contributed by atoms with Gasteiger partial charge in [-0.2, -0.15) is 26.3 Å². The van der Waals surface area contributed by atoms with E-state index < -0.39 is 64.8 Å². The van der Waals surface area contributed by atoms with Crippen LogP contribution in [0.3, 0.4) is 0 Å². The maximum Gasteiger partial charge on any atom is 0.432 e. The van der Waals surface area contributed by atoms with Crippen molar-refractivity contribution in [2.24, 2.45) is 0 Å². The van der Waals surface area contributed by atoms with Crippen LogP contribution < -0.4 is 9.47 Å². The van der Waals surface area contributed by atoms with Crippen molar-refractivity contribution >= 4 is 0 Å². The molecule has 0 N–H and O–H groups in total. The molecule has 0 amide bonds. The third-order valence-electron chi connectivity index (χ3n) is 6.63. The predicted octanol–water partition coefficient (Wildman–Crippen LogP) is 9.45. The molecule has 0 spiro atoms. The van der Waals surface area contributed by atoms with Crippen LogP contribution in [0.1, 0.15) is 53.9 Å². The lowest BCUT2D eigenvalue weighted by atomic mass is 9.82. The van der Waals surface area contributed by atoms with Gasteiger partial charge in [0.2, 0.25) is 0 Å². The van der Waals surface area contributed by atoms with E-state index in [1.165, 1.54) is 24.3 Å². The second-order valence-electron chi connectivity index (χ2n) is 9.57. The van der Waals surface area contributed by atoms with Crippen molar-refractivity contribution < 1.29 is 53.7 Å². The van der Waals surface area contributed by atoms with E-state index in [0.29, 0.717) is 12.1 Å². The SMILES string of the molecule is Cc1ccc(C(F)(F)OC2CCC(c3cc(F)c(C(F)(F)Oc4ccc(OC=C(F)F)c(F)c4)c(F)c3)CC2)cc1. The molecule has 3 aromatic rings. The van der Waals surface area contributed by atoms with Crippen LogP contribution in [0, 0.1) is 24.4 Å². The van der Waals surface area contributed by atoms with Gasteiger partial charge >= 0.3 is 18.3 Å². The van der Waals surface area contributed by atoms with Crippen molar-refractivity contribution in [2.75, 3.05) is 0 Å². The lowest BCUT2D eigenvalue weighted by molar-refractivity contribution is -0.277. The molecule has 3 nitrogen and oxygen atoms in total. The van der Waals surface area contributed by atoms with Gasteiger partial charge in [-0.15, -0.1) is 0 Å². The lowest BCUT2D eigenvalue weighted by Gasteiger charge is -2.31. The molecule has 0 bridgehead atoms. The topological polar surface area (TPSA) is 27.7 Å². The van der Waals surface area contributed by atoms with Crippen LogP contribution >= 0.6 is 0 Å². The van der Waals surface area contributed by atoms with Crippen LogP contribution in [0.2, 0.25) is 0 Å². The van der Waals surface area contributed by atoms with Crippen LogP contribution in [0.25, 0.3) is 0 Å². The maximum atomic E-state index is 14.8. The van der Waals surface area contributed by atoms with Crippen molar-refractivity contribution in [3.05, 3.63) is 107 Å². The molecule has 1 saturated carbocycles. The summed E-state index contributed by atoms with van der Waals surface area (Å²) in [5.74, 6) is -6.68. The van der Waals surface area contributed by atoms with Crippen molar-refractivity contribution in [1.29, 1.82) is 0 Å². The fraction of sp³-hybridized carbons (Fsp3) is 0.310. The van der Waals surface area contributed by atoms with Gasteiger partial charge in [0.15, 0.2) is 17.8 Å². The zero-order valence-electron chi connectivity index (χ0n) is 21.4. The number of ether oxygens (including phenoxy) is 3. The quantitative estimate of drug-likeness (QED) is 0.184. The smallest absolute Gasteiger partial charge is 0.432 e. The highest BCUT2D eigenvalue weighted by Crippen LogP contribution is 2.42. The molecule has 0 aromatic heterocycles. The molecule has 1 aliphatic carbocycles. The minimum atomic E-state index is -4.58. The van der Waals surface area contributed by atoms with E-state index in [9.17, 15) is 39.5 Å². The van der Waals surface area contributed by atoms with Crippen LogP contribution in [-0.2, 0) is 17.0 Å². The van der Waals surface area contributed by atoms with Gasteiger partial charge in [0.1, 0.15) is 22.9 Å². The zero-order valence-corrected chi connectivity index (χ0v) is 21.4. The Kier molecular flexibility index (Phi) is 8.91. The molecule has 0 aliphatic heterocycles. The van der Waals surface area contributed by atoms with Gasteiger partial charge < -0.3 is 14.2 Å². The number of alkyl halides is 4. The molecule has 0 heterocycles. The van der Waals surface area contributed by atoms with E-state index in [0.717, 1.165) is 23.8 Å². The van der Waals surface area contributed by atoms with E-state index >= 15 is 0 Å². The Morgan fingerprint density at radius 1 is 0.780 bits per heavy atom.